The van der Waals surface area contributed by atoms with Crippen LogP contribution in [0.5, 0.6) is 0 Å². The van der Waals surface area contributed by atoms with Crippen LogP contribution in [0.2, 0.25) is 77.6 Å². The Morgan fingerprint density at radius 2 is 0.583 bits per heavy atom. The van der Waals surface area contributed by atoms with E-state index in [1.54, 1.807) is 12.1 Å². The predicted octanol–water partition coefficient (Wildman–Crippen LogP) is 1.89. The van der Waals surface area contributed by atoms with E-state index in [1.165, 1.54) is 51.4 Å². The monoisotopic (exact) mass is 830 g/mol. The molecule has 4 saturated heterocycles. The van der Waals surface area contributed by atoms with Crippen LogP contribution in [-0.2, 0) is 18.9 Å². The Labute approximate surface area is 394 Å². The summed E-state index contributed by atoms with van der Waals surface area (Å²) in [6, 6.07) is 3.21. The molecule has 0 spiro atoms. The Morgan fingerprint density at radius 3 is 0.667 bits per heavy atom. The first kappa shape index (κ1) is 57.0. The first-order chi connectivity index (χ1) is 20.9. The van der Waals surface area contributed by atoms with Gasteiger partial charge in [-0.2, -0.15) is 0 Å². The van der Waals surface area contributed by atoms with Gasteiger partial charge in [0.05, 0.1) is 32.3 Å². The van der Waals surface area contributed by atoms with Crippen LogP contribution in [0.15, 0.2) is 0 Å². The van der Waals surface area contributed by atoms with E-state index in [4.69, 9.17) is 18.9 Å². The van der Waals surface area contributed by atoms with Crippen LogP contribution in [0.3, 0.4) is 0 Å². The summed E-state index contributed by atoms with van der Waals surface area (Å²) in [6.07, 6.45) is 10.2. The summed E-state index contributed by atoms with van der Waals surface area (Å²) >= 11 is 0. The van der Waals surface area contributed by atoms with E-state index >= 15 is 0 Å². The van der Waals surface area contributed by atoms with Crippen molar-refractivity contribution >= 4 is 70.0 Å². The topological polar surface area (TPSA) is 36.9 Å². The van der Waals surface area contributed by atoms with E-state index in [9.17, 15) is 0 Å². The normalized spacial score (nSPS) is 18.2. The van der Waals surface area contributed by atoms with Crippen LogP contribution in [-0.4, -0.2) is 136 Å². The van der Waals surface area contributed by atoms with Crippen LogP contribution in [0, 0.1) is 0 Å². The van der Waals surface area contributed by atoms with Gasteiger partial charge in [-0.05, 0) is 66.5 Å². The first-order valence-electron chi connectivity index (χ1n) is 17.8. The Balaban J connectivity index is -0.000000721. The van der Waals surface area contributed by atoms with Crippen molar-refractivity contribution in [2.45, 2.75) is 129 Å². The van der Waals surface area contributed by atoms with Gasteiger partial charge in [-0.3, -0.25) is 13.5 Å². The third-order valence-corrected chi connectivity index (χ3v) is 40.6. The van der Waals surface area contributed by atoms with Crippen molar-refractivity contribution in [1.82, 2.24) is 0 Å². The van der Waals surface area contributed by atoms with Gasteiger partial charge in [-0.15, -0.1) is 9.08 Å². The van der Waals surface area contributed by atoms with Gasteiger partial charge < -0.3 is 18.9 Å². The molecule has 0 radical (unpaired) electrons. The molecule has 48 heavy (non-hydrogen) atoms. The quantitative estimate of drug-likeness (QED) is 0.291. The van der Waals surface area contributed by atoms with E-state index < -0.39 is 45.8 Å². The molecule has 4 aliphatic heterocycles. The van der Waals surface area contributed by atoms with Gasteiger partial charge >= 0.3 is 103 Å². The van der Waals surface area contributed by atoms with Crippen molar-refractivity contribution in [3.8, 4) is 0 Å². The molecule has 4 nitrogen and oxygen atoms in total. The molecule has 0 aliphatic carbocycles. The molecule has 0 aromatic heterocycles. The van der Waals surface area contributed by atoms with Gasteiger partial charge in [-0.1, -0.05) is 104 Å². The Bertz CT molecular complexity index is 805. The molecule has 0 unspecified atom stereocenters. The average molecular weight is 831 g/mol. The zero-order valence-corrected chi connectivity index (χ0v) is 46.3. The number of hydrogen-bond donors (Lipinski definition) is 0. The van der Waals surface area contributed by atoms with Gasteiger partial charge in [0.1, 0.15) is 0 Å². The molecule has 4 aliphatic rings. The molecule has 4 fully saturated rings. The zero-order chi connectivity index (χ0) is 35.7. The van der Waals surface area contributed by atoms with Gasteiger partial charge in [0.25, 0.3) is 0 Å². The summed E-state index contributed by atoms with van der Waals surface area (Å²) < 4.78 is 24.3. The minimum atomic E-state index is -1.22. The molecule has 0 aromatic carbocycles. The minimum absolute atomic E-state index is 0. The Morgan fingerprint density at radius 1 is 0.417 bits per heavy atom. The first-order valence-corrected chi connectivity index (χ1v) is 35.6. The number of rotatable bonds is 7. The van der Waals surface area contributed by atoms with E-state index in [-0.39, 0.29) is 103 Å². The fraction of sp³-hybridized carbons (Fsp3) is 0.941. The molecular formula is C34H84B2K2O4P2Si4. The molecule has 0 aromatic rings. The van der Waals surface area contributed by atoms with Crippen LogP contribution in [0.1, 0.15) is 51.4 Å². The minimum Gasteiger partial charge on any atom is -0.381 e. The number of hydrogen-bond acceptors (Lipinski definition) is 4. The summed E-state index contributed by atoms with van der Waals surface area (Å²) in [5.41, 5.74) is 0. The van der Waals surface area contributed by atoms with E-state index in [2.05, 4.69) is 101 Å². The van der Waals surface area contributed by atoms with Crippen LogP contribution >= 0.6 is 13.5 Å². The molecule has 278 valence electrons. The molecule has 0 atom stereocenters. The second-order valence-electron chi connectivity index (χ2n) is 16.5. The second kappa shape index (κ2) is 28.2. The maximum absolute atomic E-state index is 4.94. The van der Waals surface area contributed by atoms with Crippen molar-refractivity contribution in [2.24, 2.45) is 0 Å². The molecule has 4 rings (SSSR count). The van der Waals surface area contributed by atoms with Crippen LogP contribution in [0.25, 0.3) is 0 Å². The van der Waals surface area contributed by atoms with Gasteiger partial charge in [-0.25, -0.2) is 0 Å². The van der Waals surface area contributed by atoms with Crippen LogP contribution in [0.4, 0.5) is 0 Å². The molecular weight excluding hydrogens is 746 g/mol. The molecule has 14 heteroatoms. The second-order valence-corrected chi connectivity index (χ2v) is 43.2. The molecule has 0 saturated carbocycles. The summed E-state index contributed by atoms with van der Waals surface area (Å²) in [6.45, 7) is 44.7. The average Bonchev–Trinajstić information content (AvgIpc) is 3.72. The van der Waals surface area contributed by atoms with Crippen molar-refractivity contribution in [3.63, 3.8) is 0 Å². The van der Waals surface area contributed by atoms with E-state index in [1.807, 2.05) is 0 Å². The molecule has 0 bridgehead atoms. The summed E-state index contributed by atoms with van der Waals surface area (Å²) in [4.78, 5) is 0. The fourth-order valence-corrected chi connectivity index (χ4v) is 51.0. The largest absolute Gasteiger partial charge is 1.00 e. The van der Waals surface area contributed by atoms with Gasteiger partial charge in [0, 0.05) is 52.9 Å². The van der Waals surface area contributed by atoms with Gasteiger partial charge in [0.15, 0.2) is 0 Å². The van der Waals surface area contributed by atoms with Crippen LogP contribution < -0.4 is 103 Å². The molecule has 4 heterocycles. The molecule has 0 amide bonds. The smallest absolute Gasteiger partial charge is 0.381 e. The summed E-state index contributed by atoms with van der Waals surface area (Å²) in [5, 5.41) is 0. The maximum atomic E-state index is 4.94. The third-order valence-electron chi connectivity index (χ3n) is 8.28. The Kier molecular flexibility index (Phi) is 33.5. The predicted molar refractivity (Wildman–Crippen MR) is 239 cm³/mol. The maximum Gasteiger partial charge on any atom is 1.00 e. The van der Waals surface area contributed by atoms with Crippen molar-refractivity contribution in [3.05, 3.63) is 0 Å². The van der Waals surface area contributed by atoms with E-state index in [0.717, 1.165) is 52.9 Å². The van der Waals surface area contributed by atoms with Crippen molar-refractivity contribution in [1.29, 1.82) is 0 Å². The summed E-state index contributed by atoms with van der Waals surface area (Å²) in [5.74, 6) is 0. The Hall–Kier alpha value is 4.71. The zero-order valence-electron chi connectivity index (χ0n) is 34.3. The summed E-state index contributed by atoms with van der Waals surface area (Å²) in [7, 11) is -3.74. The third kappa shape index (κ3) is 27.3. The van der Waals surface area contributed by atoms with Crippen molar-refractivity contribution < 1.29 is 122 Å². The van der Waals surface area contributed by atoms with E-state index in [0.29, 0.717) is 15.1 Å². The van der Waals surface area contributed by atoms with Gasteiger partial charge in [0.2, 0.25) is 0 Å². The van der Waals surface area contributed by atoms with Crippen molar-refractivity contribution in [2.75, 3.05) is 79.5 Å². The number of ether oxygens (including phenoxy) is 4. The standard InChI is InChI=1S/C18H52B2P2Si4.4C4H8O.2K/c1-21(2,19)17(23(5,6)7)25(11,12)15-16-26(13,14)18(22(3,4)20)24(8,9)10;4*1-2-4-5-3-1;;/h15-16H2,1-14,19-20H3;4*1-4H2;;/q-2;;;;;2*+1. The molecule has 0 N–H and O–H groups in total. The fourth-order valence-electron chi connectivity index (χ4n) is 7.49. The SMILES string of the molecule is C1CCOC1.C1CCOC1.C1CCOC1.C1CCOC1.[BH3-]P(C)(C)=C([Si](C)(C)C)[Si](C)(C)CC[Si](C)(C)C([Si](C)(C)C)=P([BH3-])(C)C.[K+].[K+].